The van der Waals surface area contributed by atoms with Crippen LogP contribution in [0.1, 0.15) is 25.7 Å². The van der Waals surface area contributed by atoms with E-state index in [1.165, 1.54) is 0 Å². The maximum atomic E-state index is 11.0. The van der Waals surface area contributed by atoms with Gasteiger partial charge in [-0.1, -0.05) is 29.8 Å². The van der Waals surface area contributed by atoms with Crippen LogP contribution in [-0.4, -0.2) is 50.5 Å². The van der Waals surface area contributed by atoms with E-state index < -0.39 is 6.09 Å². The van der Waals surface area contributed by atoms with Gasteiger partial charge in [-0.3, -0.25) is 5.10 Å². The van der Waals surface area contributed by atoms with Crippen molar-refractivity contribution in [1.29, 1.82) is 0 Å². The zero-order chi connectivity index (χ0) is 20.0. The summed E-state index contributed by atoms with van der Waals surface area (Å²) in [4.78, 5) is 22.5. The number of nitrogens with one attached hydrogen (secondary N) is 2. The normalized spacial score (nSPS) is 20.6. The van der Waals surface area contributed by atoms with E-state index in [9.17, 15) is 4.79 Å². The van der Waals surface area contributed by atoms with Gasteiger partial charge in [0, 0.05) is 24.7 Å². The van der Waals surface area contributed by atoms with Crippen LogP contribution in [-0.2, 0) is 0 Å². The van der Waals surface area contributed by atoms with Gasteiger partial charge < -0.3 is 15.3 Å². The fourth-order valence-corrected chi connectivity index (χ4v) is 4.87. The zero-order valence-electron chi connectivity index (χ0n) is 15.7. The van der Waals surface area contributed by atoms with E-state index >= 15 is 0 Å². The van der Waals surface area contributed by atoms with Gasteiger partial charge in [-0.15, -0.1) is 0 Å². The lowest BCUT2D eigenvalue weighted by Crippen LogP contribution is -2.59. The molecule has 150 valence electrons. The highest BCUT2D eigenvalue weighted by molar-refractivity contribution is 6.33. The number of amides is 1. The highest BCUT2D eigenvalue weighted by atomic mass is 35.5. The van der Waals surface area contributed by atoms with Crippen molar-refractivity contribution in [2.45, 2.75) is 31.7 Å². The summed E-state index contributed by atoms with van der Waals surface area (Å²) in [6.07, 6.45) is 4.75. The molecule has 1 saturated heterocycles. The zero-order valence-corrected chi connectivity index (χ0v) is 16.5. The molecule has 3 aromatic rings. The summed E-state index contributed by atoms with van der Waals surface area (Å²) in [5.74, 6) is 0.798. The Morgan fingerprint density at radius 3 is 2.76 bits per heavy atom. The molecule has 1 atom stereocenters. The van der Waals surface area contributed by atoms with Crippen LogP contribution in [0, 0.1) is 5.41 Å². The van der Waals surface area contributed by atoms with Gasteiger partial charge in [0.05, 0.1) is 16.9 Å². The Hall–Kier alpha value is -2.87. The molecule has 9 heteroatoms. The van der Waals surface area contributed by atoms with Gasteiger partial charge in [0.1, 0.15) is 11.3 Å². The molecule has 2 aromatic heterocycles. The van der Waals surface area contributed by atoms with Crippen molar-refractivity contribution in [3.05, 3.63) is 35.5 Å². The molecule has 1 aliphatic heterocycles. The minimum atomic E-state index is -0.930. The summed E-state index contributed by atoms with van der Waals surface area (Å²) in [6.45, 7) is 1.67. The molecular weight excluding hydrogens is 392 g/mol. The molecule has 5 rings (SSSR count). The quantitative estimate of drug-likeness (QED) is 0.605. The lowest BCUT2D eigenvalue weighted by atomic mass is 9.59. The third-order valence-electron chi connectivity index (χ3n) is 6.45. The van der Waals surface area contributed by atoms with E-state index in [0.29, 0.717) is 16.2 Å². The number of aromatic nitrogens is 4. The van der Waals surface area contributed by atoms with Crippen molar-refractivity contribution >= 4 is 34.7 Å². The molecule has 1 saturated carbocycles. The van der Waals surface area contributed by atoms with Crippen LogP contribution in [0.4, 0.5) is 10.6 Å². The molecule has 0 bridgehead atoms. The van der Waals surface area contributed by atoms with Crippen LogP contribution in [0.25, 0.3) is 22.4 Å². The first-order valence-corrected chi connectivity index (χ1v) is 10.1. The summed E-state index contributed by atoms with van der Waals surface area (Å²) in [5.41, 5.74) is 2.96. The smallest absolute Gasteiger partial charge is 0.404 e. The number of H-pyrrole nitrogens is 1. The number of benzene rings is 1. The fraction of sp³-hybridized carbons (Fsp3) is 0.400. The Labute approximate surface area is 172 Å². The Morgan fingerprint density at radius 1 is 1.28 bits per heavy atom. The molecule has 0 radical (unpaired) electrons. The predicted molar refractivity (Wildman–Crippen MR) is 110 cm³/mol. The number of nitrogens with zero attached hydrogens (tertiary/aromatic N) is 4. The number of piperidine rings is 1. The predicted octanol–water partition coefficient (Wildman–Crippen LogP) is 3.69. The SMILES string of the molecule is O=C(O)NC1CCC12CCN(c1cnc3c(-c4ccccc4Cl)[nH]nc3n1)CC2. The van der Waals surface area contributed by atoms with Crippen LogP contribution in [0.5, 0.6) is 0 Å². The number of halogens is 1. The Bertz CT molecular complexity index is 1080. The molecule has 1 aliphatic carbocycles. The Morgan fingerprint density at radius 2 is 2.07 bits per heavy atom. The summed E-state index contributed by atoms with van der Waals surface area (Å²) in [5, 5.41) is 19.7. The average molecular weight is 413 g/mol. The van der Waals surface area contributed by atoms with E-state index in [0.717, 1.165) is 55.8 Å². The molecule has 1 aromatic carbocycles. The highest BCUT2D eigenvalue weighted by Gasteiger charge is 2.49. The van der Waals surface area contributed by atoms with Gasteiger partial charge in [-0.25, -0.2) is 14.8 Å². The first-order valence-electron chi connectivity index (χ1n) is 9.76. The second-order valence-electron chi connectivity index (χ2n) is 7.87. The lowest BCUT2D eigenvalue weighted by Gasteiger charge is -2.53. The molecule has 1 spiro atoms. The Balaban J connectivity index is 1.35. The molecule has 2 aliphatic rings. The number of aromatic amines is 1. The molecule has 29 heavy (non-hydrogen) atoms. The van der Waals surface area contributed by atoms with Crippen molar-refractivity contribution in [3.8, 4) is 11.3 Å². The van der Waals surface area contributed by atoms with Crippen molar-refractivity contribution in [2.24, 2.45) is 5.41 Å². The van der Waals surface area contributed by atoms with Crippen LogP contribution in [0.3, 0.4) is 0 Å². The maximum absolute atomic E-state index is 11.0. The van der Waals surface area contributed by atoms with Crippen molar-refractivity contribution in [1.82, 2.24) is 25.5 Å². The van der Waals surface area contributed by atoms with Gasteiger partial charge in [0.2, 0.25) is 5.65 Å². The molecule has 1 unspecified atom stereocenters. The van der Waals surface area contributed by atoms with E-state index in [-0.39, 0.29) is 11.5 Å². The van der Waals surface area contributed by atoms with E-state index in [1.54, 1.807) is 6.20 Å². The van der Waals surface area contributed by atoms with Gasteiger partial charge >= 0.3 is 6.09 Å². The number of anilines is 1. The van der Waals surface area contributed by atoms with E-state index in [4.69, 9.17) is 21.7 Å². The third kappa shape index (κ3) is 3.07. The van der Waals surface area contributed by atoms with Gasteiger partial charge in [-0.05, 0) is 37.2 Å². The summed E-state index contributed by atoms with van der Waals surface area (Å²) in [7, 11) is 0. The number of fused-ring (bicyclic) bond motifs is 1. The second-order valence-corrected chi connectivity index (χ2v) is 8.28. The topological polar surface area (TPSA) is 107 Å². The molecular formula is C20H21ClN6O2. The minimum absolute atomic E-state index is 0.0697. The molecule has 8 nitrogen and oxygen atoms in total. The van der Waals surface area contributed by atoms with E-state index in [2.05, 4.69) is 25.4 Å². The summed E-state index contributed by atoms with van der Waals surface area (Å²) >= 11 is 6.31. The van der Waals surface area contributed by atoms with Gasteiger partial charge in [-0.2, -0.15) is 5.10 Å². The lowest BCUT2D eigenvalue weighted by molar-refractivity contribution is 0.0376. The fourth-order valence-electron chi connectivity index (χ4n) is 4.64. The summed E-state index contributed by atoms with van der Waals surface area (Å²) < 4.78 is 0. The monoisotopic (exact) mass is 412 g/mol. The molecule has 3 heterocycles. The number of rotatable bonds is 3. The van der Waals surface area contributed by atoms with Crippen molar-refractivity contribution in [3.63, 3.8) is 0 Å². The molecule has 2 fully saturated rings. The molecule has 1 amide bonds. The Kier molecular flexibility index (Phi) is 4.31. The third-order valence-corrected chi connectivity index (χ3v) is 6.78. The summed E-state index contributed by atoms with van der Waals surface area (Å²) in [6, 6.07) is 7.64. The maximum Gasteiger partial charge on any atom is 0.404 e. The molecule has 3 N–H and O–H groups in total. The number of hydrogen-bond acceptors (Lipinski definition) is 5. The van der Waals surface area contributed by atoms with Crippen LogP contribution >= 0.6 is 11.6 Å². The standard InChI is InChI=1S/C20H21ClN6O2/c21-13-4-2-1-3-12(13)16-17-18(26-25-16)24-15(11-22-17)27-9-7-20(8-10-27)6-5-14(20)23-19(28)29/h1-4,11,14,23H,5-10H2,(H,28,29)(H,24,25,26). The number of carbonyl (C=O) groups is 1. The van der Waals surface area contributed by atoms with Crippen LogP contribution in [0.2, 0.25) is 5.02 Å². The highest BCUT2D eigenvalue weighted by Crippen LogP contribution is 2.49. The minimum Gasteiger partial charge on any atom is -0.465 e. The first-order chi connectivity index (χ1) is 14.1. The van der Waals surface area contributed by atoms with E-state index in [1.807, 2.05) is 24.3 Å². The second kappa shape index (κ2) is 6.88. The van der Waals surface area contributed by atoms with Crippen molar-refractivity contribution < 1.29 is 9.90 Å². The average Bonchev–Trinajstić information content (AvgIpc) is 3.15. The van der Waals surface area contributed by atoms with Crippen LogP contribution < -0.4 is 10.2 Å². The number of carboxylic acid groups (broad SMARTS) is 1. The largest absolute Gasteiger partial charge is 0.465 e. The van der Waals surface area contributed by atoms with Gasteiger partial charge in [0.15, 0.2) is 0 Å². The van der Waals surface area contributed by atoms with Crippen LogP contribution in [0.15, 0.2) is 30.5 Å². The van der Waals surface area contributed by atoms with Gasteiger partial charge in [0.25, 0.3) is 0 Å². The number of hydrogen-bond donors (Lipinski definition) is 3. The van der Waals surface area contributed by atoms with Crippen molar-refractivity contribution in [2.75, 3.05) is 18.0 Å². The first kappa shape index (κ1) is 18.2.